The van der Waals surface area contributed by atoms with Gasteiger partial charge in [0.15, 0.2) is 5.13 Å². The van der Waals surface area contributed by atoms with E-state index in [1.54, 1.807) is 7.11 Å². The number of halogens is 1. The molecule has 0 saturated carbocycles. The fourth-order valence-electron chi connectivity index (χ4n) is 3.94. The Morgan fingerprint density at radius 2 is 2.00 bits per heavy atom. The molecular formula is C24H29ClN4O2S. The molecule has 0 radical (unpaired) electrons. The molecule has 1 atom stereocenters. The molecule has 0 bridgehead atoms. The third kappa shape index (κ3) is 5.41. The van der Waals surface area contributed by atoms with Gasteiger partial charge >= 0.3 is 0 Å². The van der Waals surface area contributed by atoms with Crippen LogP contribution in [0.3, 0.4) is 0 Å². The van der Waals surface area contributed by atoms with Gasteiger partial charge in [-0.1, -0.05) is 30.7 Å². The lowest BCUT2D eigenvalue weighted by molar-refractivity contribution is 0.102. The van der Waals surface area contributed by atoms with E-state index >= 15 is 0 Å². The topological polar surface area (TPSA) is 57.7 Å². The van der Waals surface area contributed by atoms with Crippen molar-refractivity contribution in [2.45, 2.75) is 13.3 Å². The zero-order valence-corrected chi connectivity index (χ0v) is 20.1. The fourth-order valence-corrected chi connectivity index (χ4v) is 4.90. The lowest BCUT2D eigenvalue weighted by Gasteiger charge is -2.36. The number of hydrogen-bond acceptors (Lipinski definition) is 6. The highest BCUT2D eigenvalue weighted by Gasteiger charge is 2.19. The number of nitrogens with one attached hydrogen (secondary N) is 1. The summed E-state index contributed by atoms with van der Waals surface area (Å²) in [4.78, 5) is 22.1. The lowest BCUT2D eigenvalue weighted by Crippen LogP contribution is -2.47. The SMILES string of the molecule is COCCN1CCN(c2ccc(C(=O)Nc3nc(C4=C(Cl)C(C)CC=C4)cs3)cc2)CC1. The third-order valence-corrected chi connectivity index (χ3v) is 7.28. The number of ether oxygens (including phenoxy) is 1. The number of hydrogen-bond donors (Lipinski definition) is 1. The van der Waals surface area contributed by atoms with Gasteiger partial charge in [-0.3, -0.25) is 15.0 Å². The van der Waals surface area contributed by atoms with Crippen LogP contribution in [0.2, 0.25) is 0 Å². The van der Waals surface area contributed by atoms with E-state index in [0.29, 0.717) is 16.6 Å². The maximum Gasteiger partial charge on any atom is 0.257 e. The predicted octanol–water partition coefficient (Wildman–Crippen LogP) is 4.71. The summed E-state index contributed by atoms with van der Waals surface area (Å²) in [6.45, 7) is 7.83. The number of nitrogens with zero attached hydrogens (tertiary/aromatic N) is 3. The number of allylic oxidation sites excluding steroid dienone is 4. The number of piperazine rings is 1. The molecule has 1 aromatic heterocycles. The minimum absolute atomic E-state index is 0.158. The molecule has 32 heavy (non-hydrogen) atoms. The first kappa shape index (κ1) is 23.0. The van der Waals surface area contributed by atoms with Gasteiger partial charge in [0.05, 0.1) is 12.3 Å². The van der Waals surface area contributed by atoms with Crippen LogP contribution >= 0.6 is 22.9 Å². The fraction of sp³-hybridized carbons (Fsp3) is 0.417. The van der Waals surface area contributed by atoms with Crippen LogP contribution < -0.4 is 10.2 Å². The summed E-state index contributed by atoms with van der Waals surface area (Å²) in [5.41, 5.74) is 3.50. The molecule has 1 unspecified atom stereocenters. The van der Waals surface area contributed by atoms with Gasteiger partial charge in [-0.05, 0) is 36.6 Å². The summed E-state index contributed by atoms with van der Waals surface area (Å²) in [5, 5.41) is 6.25. The highest BCUT2D eigenvalue weighted by Crippen LogP contribution is 2.35. The number of thiazole rings is 1. The first-order chi connectivity index (χ1) is 15.5. The molecule has 1 aliphatic heterocycles. The van der Waals surface area contributed by atoms with Crippen LogP contribution in [0, 0.1) is 5.92 Å². The van der Waals surface area contributed by atoms with E-state index in [1.807, 2.05) is 35.7 Å². The molecule has 1 aromatic carbocycles. The first-order valence-corrected chi connectivity index (χ1v) is 12.2. The van der Waals surface area contributed by atoms with Gasteiger partial charge in [0.25, 0.3) is 5.91 Å². The zero-order valence-electron chi connectivity index (χ0n) is 18.5. The zero-order chi connectivity index (χ0) is 22.5. The molecule has 2 heterocycles. The summed E-state index contributed by atoms with van der Waals surface area (Å²) >= 11 is 7.89. The van der Waals surface area contributed by atoms with E-state index in [2.05, 4.69) is 33.1 Å². The van der Waals surface area contributed by atoms with Crippen molar-refractivity contribution in [3.05, 3.63) is 58.1 Å². The number of carbonyl (C=O) groups is 1. The predicted molar refractivity (Wildman–Crippen MR) is 133 cm³/mol. The summed E-state index contributed by atoms with van der Waals surface area (Å²) < 4.78 is 5.17. The van der Waals surface area contributed by atoms with Gasteiger partial charge in [-0.25, -0.2) is 4.98 Å². The van der Waals surface area contributed by atoms with Crippen molar-refractivity contribution in [2.75, 3.05) is 56.7 Å². The molecule has 2 aromatic rings. The molecule has 0 spiro atoms. The highest BCUT2D eigenvalue weighted by molar-refractivity contribution is 7.14. The Bertz CT molecular complexity index is 994. The summed E-state index contributed by atoms with van der Waals surface area (Å²) in [6, 6.07) is 7.79. The second-order valence-electron chi connectivity index (χ2n) is 8.16. The van der Waals surface area contributed by atoms with Crippen molar-refractivity contribution in [2.24, 2.45) is 5.92 Å². The quantitative estimate of drug-likeness (QED) is 0.632. The van der Waals surface area contributed by atoms with Crippen LogP contribution in [-0.2, 0) is 4.74 Å². The van der Waals surface area contributed by atoms with Gasteiger partial charge in [-0.2, -0.15) is 0 Å². The van der Waals surface area contributed by atoms with Crippen molar-refractivity contribution < 1.29 is 9.53 Å². The van der Waals surface area contributed by atoms with Crippen LogP contribution in [0.1, 0.15) is 29.4 Å². The second kappa shape index (κ2) is 10.6. The molecule has 4 rings (SSSR count). The summed E-state index contributed by atoms with van der Waals surface area (Å²) in [7, 11) is 1.74. The molecule has 2 aliphatic rings. The maximum atomic E-state index is 12.7. The molecule has 1 N–H and O–H groups in total. The summed E-state index contributed by atoms with van der Waals surface area (Å²) in [6.07, 6.45) is 5.07. The Labute approximate surface area is 198 Å². The largest absolute Gasteiger partial charge is 0.383 e. The van der Waals surface area contributed by atoms with Gasteiger partial charge in [0.2, 0.25) is 0 Å². The van der Waals surface area contributed by atoms with Crippen LogP contribution in [0.15, 0.2) is 46.8 Å². The highest BCUT2D eigenvalue weighted by atomic mass is 35.5. The Hall–Kier alpha value is -2.19. The van der Waals surface area contributed by atoms with Crippen LogP contribution in [0.25, 0.3) is 5.57 Å². The molecule has 1 fully saturated rings. The van der Waals surface area contributed by atoms with Gasteiger partial charge in [0, 0.05) is 67.1 Å². The summed E-state index contributed by atoms with van der Waals surface area (Å²) in [5.74, 6) is 0.137. The van der Waals surface area contributed by atoms with Gasteiger partial charge < -0.3 is 9.64 Å². The number of amides is 1. The first-order valence-electron chi connectivity index (χ1n) is 10.9. The number of rotatable bonds is 7. The smallest absolute Gasteiger partial charge is 0.257 e. The van der Waals surface area contributed by atoms with E-state index in [4.69, 9.17) is 16.3 Å². The van der Waals surface area contributed by atoms with Crippen LogP contribution in [0.5, 0.6) is 0 Å². The Balaban J connectivity index is 1.35. The van der Waals surface area contributed by atoms with Crippen LogP contribution in [-0.4, -0.2) is 62.2 Å². The Morgan fingerprint density at radius 1 is 1.25 bits per heavy atom. The average Bonchev–Trinajstić information content (AvgIpc) is 3.28. The molecule has 1 aliphatic carbocycles. The van der Waals surface area contributed by atoms with E-state index in [9.17, 15) is 4.79 Å². The van der Waals surface area contributed by atoms with E-state index in [0.717, 1.165) is 67.7 Å². The van der Waals surface area contributed by atoms with Gasteiger partial charge in [-0.15, -0.1) is 11.3 Å². The number of benzene rings is 1. The van der Waals surface area contributed by atoms with E-state index in [1.165, 1.54) is 11.3 Å². The monoisotopic (exact) mass is 472 g/mol. The standard InChI is InChI=1S/C24H29ClN4O2S/c1-17-4-3-5-20(22(17)25)21-16-32-24(26-21)27-23(30)18-6-8-19(9-7-18)29-12-10-28(11-13-29)14-15-31-2/h3,5-9,16-17H,4,10-15H2,1-2H3,(H,26,27,30). The van der Waals surface area contributed by atoms with Crippen molar-refractivity contribution in [3.63, 3.8) is 0 Å². The Morgan fingerprint density at radius 3 is 2.72 bits per heavy atom. The molecular weight excluding hydrogens is 444 g/mol. The van der Waals surface area contributed by atoms with Gasteiger partial charge in [0.1, 0.15) is 0 Å². The Kier molecular flexibility index (Phi) is 7.63. The van der Waals surface area contributed by atoms with E-state index in [-0.39, 0.29) is 5.91 Å². The molecule has 1 saturated heterocycles. The van der Waals surface area contributed by atoms with Crippen LogP contribution in [0.4, 0.5) is 10.8 Å². The van der Waals surface area contributed by atoms with Crippen molar-refractivity contribution in [1.82, 2.24) is 9.88 Å². The number of aromatic nitrogens is 1. The number of methoxy groups -OCH3 is 1. The van der Waals surface area contributed by atoms with Crippen molar-refractivity contribution in [1.29, 1.82) is 0 Å². The van der Waals surface area contributed by atoms with Crippen molar-refractivity contribution >= 4 is 45.2 Å². The molecule has 8 heteroatoms. The maximum absolute atomic E-state index is 12.7. The molecule has 170 valence electrons. The van der Waals surface area contributed by atoms with E-state index < -0.39 is 0 Å². The van der Waals surface area contributed by atoms with Crippen molar-refractivity contribution in [3.8, 4) is 0 Å². The molecule has 1 amide bonds. The third-order valence-electron chi connectivity index (χ3n) is 5.94. The second-order valence-corrected chi connectivity index (χ2v) is 9.43. The lowest BCUT2D eigenvalue weighted by atomic mass is 9.96. The number of anilines is 2. The number of carbonyl (C=O) groups excluding carboxylic acids is 1. The minimum atomic E-state index is -0.158. The average molecular weight is 473 g/mol. The molecule has 6 nitrogen and oxygen atoms in total. The minimum Gasteiger partial charge on any atom is -0.383 e. The normalized spacial score (nSPS) is 19.5.